The Morgan fingerprint density at radius 1 is 1.17 bits per heavy atom. The number of aromatic carboxylic acids is 1. The van der Waals surface area contributed by atoms with Crippen LogP contribution < -0.4 is 5.43 Å². The average molecular weight is 475 g/mol. The second kappa shape index (κ2) is 8.63. The summed E-state index contributed by atoms with van der Waals surface area (Å²) in [5, 5.41) is 13.5. The number of carboxylic acids is 1. The summed E-state index contributed by atoms with van der Waals surface area (Å²) >= 11 is 9.30. The molecule has 0 bridgehead atoms. The van der Waals surface area contributed by atoms with Gasteiger partial charge in [-0.3, -0.25) is 4.79 Å². The minimum atomic E-state index is -1.09. The molecular weight excluding hydrogens is 458 g/mol. The maximum Gasteiger partial charge on any atom is 0.337 e. The number of carbonyl (C=O) groups excluding carboxylic acids is 1. The first-order chi connectivity index (χ1) is 13.8. The Labute approximate surface area is 180 Å². The van der Waals surface area contributed by atoms with Crippen molar-refractivity contribution in [3.63, 3.8) is 0 Å². The molecule has 29 heavy (non-hydrogen) atoms. The third kappa shape index (κ3) is 4.58. The number of hydrogen-bond donors (Lipinski definition) is 2. The zero-order valence-corrected chi connectivity index (χ0v) is 18.0. The summed E-state index contributed by atoms with van der Waals surface area (Å²) in [7, 11) is 0. The molecule has 2 N–H and O–H groups in total. The molecule has 0 atom stereocenters. The van der Waals surface area contributed by atoms with Crippen molar-refractivity contribution >= 4 is 45.6 Å². The van der Waals surface area contributed by atoms with E-state index in [9.17, 15) is 14.7 Å². The normalized spacial score (nSPS) is 11.0. The number of hydrazone groups is 1. The van der Waals surface area contributed by atoms with Gasteiger partial charge in [0.05, 0.1) is 16.8 Å². The van der Waals surface area contributed by atoms with Crippen LogP contribution in [0.1, 0.15) is 37.7 Å². The number of rotatable bonds is 5. The molecule has 1 heterocycles. The van der Waals surface area contributed by atoms with Crippen molar-refractivity contribution in [1.29, 1.82) is 0 Å². The zero-order valence-electron chi connectivity index (χ0n) is 15.6. The van der Waals surface area contributed by atoms with Crippen LogP contribution in [0, 0.1) is 13.8 Å². The highest BCUT2D eigenvalue weighted by molar-refractivity contribution is 9.10. The molecule has 0 radical (unpaired) electrons. The lowest BCUT2D eigenvalue weighted by Crippen LogP contribution is -2.17. The van der Waals surface area contributed by atoms with Crippen LogP contribution in [0.4, 0.5) is 0 Å². The summed E-state index contributed by atoms with van der Waals surface area (Å²) < 4.78 is 2.71. The van der Waals surface area contributed by atoms with E-state index in [0.717, 1.165) is 21.4 Å². The van der Waals surface area contributed by atoms with Crippen LogP contribution in [-0.4, -0.2) is 27.8 Å². The Kier molecular flexibility index (Phi) is 6.20. The first kappa shape index (κ1) is 20.8. The van der Waals surface area contributed by atoms with Crippen LogP contribution in [0.25, 0.3) is 5.69 Å². The summed E-state index contributed by atoms with van der Waals surface area (Å²) in [4.78, 5) is 23.5. The molecule has 3 rings (SSSR count). The van der Waals surface area contributed by atoms with Crippen LogP contribution in [0.15, 0.2) is 58.1 Å². The Morgan fingerprint density at radius 2 is 1.93 bits per heavy atom. The molecule has 1 amide bonds. The number of amides is 1. The standard InChI is InChI=1S/C21H17BrClN3O3/c1-12-8-15(11-24-25-20(27)14-4-3-5-16(22)9-14)13(2)26(12)17-6-7-19(23)18(10-17)21(28)29/h3-11H,1-2H3,(H,25,27)(H,28,29)/b24-11-. The predicted octanol–water partition coefficient (Wildman–Crippen LogP) is 4.97. The zero-order chi connectivity index (χ0) is 21.1. The molecule has 0 saturated heterocycles. The van der Waals surface area contributed by atoms with E-state index in [2.05, 4.69) is 26.5 Å². The maximum atomic E-state index is 12.2. The van der Waals surface area contributed by atoms with Gasteiger partial charge in [-0.2, -0.15) is 5.10 Å². The van der Waals surface area contributed by atoms with Crippen molar-refractivity contribution in [2.75, 3.05) is 0 Å². The van der Waals surface area contributed by atoms with E-state index in [0.29, 0.717) is 11.3 Å². The summed E-state index contributed by atoms with van der Waals surface area (Å²) in [5.41, 5.74) is 6.25. The molecule has 6 nitrogen and oxygen atoms in total. The fourth-order valence-electron chi connectivity index (χ4n) is 2.99. The molecule has 8 heteroatoms. The third-order valence-electron chi connectivity index (χ3n) is 4.37. The Hall–Kier alpha value is -2.90. The molecule has 2 aromatic carbocycles. The molecule has 0 aliphatic heterocycles. The Balaban J connectivity index is 1.84. The summed E-state index contributed by atoms with van der Waals surface area (Å²) in [6.45, 7) is 3.79. The lowest BCUT2D eigenvalue weighted by atomic mass is 10.2. The molecule has 1 aromatic heterocycles. The average Bonchev–Trinajstić information content (AvgIpc) is 2.95. The van der Waals surface area contributed by atoms with Gasteiger partial charge in [0.15, 0.2) is 0 Å². The SMILES string of the molecule is Cc1cc(/C=N\NC(=O)c2cccc(Br)c2)c(C)n1-c1ccc(Cl)c(C(=O)O)c1. The van der Waals surface area contributed by atoms with Crippen LogP contribution in [-0.2, 0) is 0 Å². The van der Waals surface area contributed by atoms with Gasteiger partial charge in [-0.1, -0.05) is 33.6 Å². The molecule has 0 saturated carbocycles. The van der Waals surface area contributed by atoms with Crippen LogP contribution in [0.3, 0.4) is 0 Å². The number of aryl methyl sites for hydroxylation is 1. The van der Waals surface area contributed by atoms with Gasteiger partial charge in [-0.05, 0) is 56.3 Å². The van der Waals surface area contributed by atoms with Crippen molar-refractivity contribution in [2.45, 2.75) is 13.8 Å². The molecule has 0 fully saturated rings. The first-order valence-electron chi connectivity index (χ1n) is 8.59. The molecule has 0 spiro atoms. The van der Waals surface area contributed by atoms with Gasteiger partial charge >= 0.3 is 5.97 Å². The van der Waals surface area contributed by atoms with E-state index in [4.69, 9.17) is 11.6 Å². The summed E-state index contributed by atoms with van der Waals surface area (Å²) in [5.74, 6) is -1.41. The van der Waals surface area contributed by atoms with E-state index in [1.54, 1.807) is 36.5 Å². The number of nitrogens with one attached hydrogen (secondary N) is 1. The van der Waals surface area contributed by atoms with Gasteiger partial charge in [0.25, 0.3) is 5.91 Å². The van der Waals surface area contributed by atoms with Gasteiger partial charge in [0.1, 0.15) is 0 Å². The lowest BCUT2D eigenvalue weighted by Gasteiger charge is -2.11. The second-order valence-electron chi connectivity index (χ2n) is 6.34. The van der Waals surface area contributed by atoms with Gasteiger partial charge in [0.2, 0.25) is 0 Å². The fraction of sp³-hybridized carbons (Fsp3) is 0.0952. The summed E-state index contributed by atoms with van der Waals surface area (Å²) in [6, 6.07) is 13.8. The number of benzene rings is 2. The van der Waals surface area contributed by atoms with Crippen molar-refractivity contribution in [3.8, 4) is 5.69 Å². The monoisotopic (exact) mass is 473 g/mol. The van der Waals surface area contributed by atoms with Crippen LogP contribution in [0.2, 0.25) is 5.02 Å². The van der Waals surface area contributed by atoms with Crippen molar-refractivity contribution in [3.05, 3.63) is 86.1 Å². The highest BCUT2D eigenvalue weighted by Crippen LogP contribution is 2.24. The van der Waals surface area contributed by atoms with Crippen LogP contribution >= 0.6 is 27.5 Å². The van der Waals surface area contributed by atoms with E-state index >= 15 is 0 Å². The van der Waals surface area contributed by atoms with Gasteiger partial charge in [-0.15, -0.1) is 0 Å². The van der Waals surface area contributed by atoms with Crippen molar-refractivity contribution < 1.29 is 14.7 Å². The molecule has 0 aliphatic rings. The molecule has 0 aliphatic carbocycles. The first-order valence-corrected chi connectivity index (χ1v) is 9.76. The second-order valence-corrected chi connectivity index (χ2v) is 7.66. The largest absolute Gasteiger partial charge is 0.478 e. The van der Waals surface area contributed by atoms with Crippen LogP contribution in [0.5, 0.6) is 0 Å². The number of halogens is 2. The highest BCUT2D eigenvalue weighted by Gasteiger charge is 2.14. The van der Waals surface area contributed by atoms with E-state index in [1.807, 2.05) is 30.5 Å². The topological polar surface area (TPSA) is 83.7 Å². The van der Waals surface area contributed by atoms with Gasteiger partial charge in [0, 0.05) is 32.7 Å². The number of carbonyl (C=O) groups is 2. The number of hydrogen-bond acceptors (Lipinski definition) is 3. The van der Waals surface area contributed by atoms with E-state index in [-0.39, 0.29) is 16.5 Å². The summed E-state index contributed by atoms with van der Waals surface area (Å²) in [6.07, 6.45) is 1.56. The molecular formula is C21H17BrClN3O3. The van der Waals surface area contributed by atoms with E-state index in [1.165, 1.54) is 6.07 Å². The smallest absolute Gasteiger partial charge is 0.337 e. The molecule has 0 unspecified atom stereocenters. The minimum Gasteiger partial charge on any atom is -0.478 e. The highest BCUT2D eigenvalue weighted by atomic mass is 79.9. The van der Waals surface area contributed by atoms with Gasteiger partial charge < -0.3 is 9.67 Å². The minimum absolute atomic E-state index is 0.0353. The fourth-order valence-corrected chi connectivity index (χ4v) is 3.58. The number of nitrogens with zero attached hydrogens (tertiary/aromatic N) is 2. The number of carboxylic acid groups (broad SMARTS) is 1. The lowest BCUT2D eigenvalue weighted by molar-refractivity contribution is 0.0696. The molecule has 3 aromatic rings. The number of aromatic nitrogens is 1. The van der Waals surface area contributed by atoms with Crippen molar-refractivity contribution in [1.82, 2.24) is 9.99 Å². The Bertz CT molecular complexity index is 1140. The Morgan fingerprint density at radius 3 is 2.62 bits per heavy atom. The third-order valence-corrected chi connectivity index (χ3v) is 5.19. The maximum absolute atomic E-state index is 12.2. The molecule has 148 valence electrons. The predicted molar refractivity (Wildman–Crippen MR) is 116 cm³/mol. The van der Waals surface area contributed by atoms with Crippen molar-refractivity contribution in [2.24, 2.45) is 5.10 Å². The van der Waals surface area contributed by atoms with Gasteiger partial charge in [-0.25, -0.2) is 10.2 Å². The quantitative estimate of drug-likeness (QED) is 0.404. The van der Waals surface area contributed by atoms with E-state index < -0.39 is 5.97 Å².